The topological polar surface area (TPSA) is 26.0 Å². The van der Waals surface area contributed by atoms with Crippen LogP contribution in [0.15, 0.2) is 9.85 Å². The smallest absolute Gasteiger partial charge is 0.0704 e. The van der Waals surface area contributed by atoms with Gasteiger partial charge in [0.1, 0.15) is 0 Å². The molecule has 0 radical (unpaired) electrons. The summed E-state index contributed by atoms with van der Waals surface area (Å²) in [6, 6.07) is 2.46. The predicted octanol–water partition coefficient (Wildman–Crippen LogP) is 2.85. The molecule has 1 nitrogen and oxygen atoms in total. The van der Waals surface area contributed by atoms with Crippen LogP contribution in [-0.4, -0.2) is 0 Å². The van der Waals surface area contributed by atoms with E-state index in [-0.39, 0.29) is 0 Å². The minimum absolute atomic E-state index is 0.293. The molecule has 3 heteroatoms. The largest absolute Gasteiger partial charge is 0.324 e. The van der Waals surface area contributed by atoms with Gasteiger partial charge in [-0.2, -0.15) is 0 Å². The fraction of sp³-hybridized carbons (Fsp3) is 0.500. The van der Waals surface area contributed by atoms with E-state index in [0.29, 0.717) is 6.04 Å². The van der Waals surface area contributed by atoms with Crippen LogP contribution in [0.4, 0.5) is 0 Å². The van der Waals surface area contributed by atoms with E-state index in [0.717, 1.165) is 6.42 Å². The van der Waals surface area contributed by atoms with Gasteiger partial charge in [-0.25, -0.2) is 0 Å². The Labute approximate surface area is 78.7 Å². The first-order valence-electron chi connectivity index (χ1n) is 3.81. The predicted molar refractivity (Wildman–Crippen MR) is 51.9 cm³/mol. The zero-order valence-electron chi connectivity index (χ0n) is 6.14. The van der Waals surface area contributed by atoms with Crippen molar-refractivity contribution in [1.82, 2.24) is 0 Å². The lowest BCUT2D eigenvalue weighted by atomic mass is 9.95. The molecule has 1 aromatic rings. The molecule has 0 bridgehead atoms. The van der Waals surface area contributed by atoms with Crippen LogP contribution in [-0.2, 0) is 6.42 Å². The normalized spacial score (nSPS) is 23.3. The van der Waals surface area contributed by atoms with E-state index in [1.807, 2.05) is 11.3 Å². The first kappa shape index (κ1) is 7.77. The van der Waals surface area contributed by atoms with Gasteiger partial charge in [0.15, 0.2) is 0 Å². The second-order valence-electron chi connectivity index (χ2n) is 2.93. The van der Waals surface area contributed by atoms with Gasteiger partial charge in [0.2, 0.25) is 0 Å². The molecule has 2 N–H and O–H groups in total. The molecule has 1 aliphatic carbocycles. The average molecular weight is 232 g/mol. The highest BCUT2D eigenvalue weighted by Crippen LogP contribution is 2.36. The van der Waals surface area contributed by atoms with Crippen molar-refractivity contribution in [2.45, 2.75) is 25.3 Å². The van der Waals surface area contributed by atoms with Crippen LogP contribution >= 0.6 is 27.3 Å². The molecule has 0 aliphatic heterocycles. The standard InChI is InChI=1S/C8H10BrNS/c9-8-4-5-6(10)2-1-3-7(5)11-8/h4,6H,1-3,10H2. The zero-order valence-corrected chi connectivity index (χ0v) is 8.54. The zero-order chi connectivity index (χ0) is 7.84. The van der Waals surface area contributed by atoms with Crippen molar-refractivity contribution in [3.8, 4) is 0 Å². The van der Waals surface area contributed by atoms with Crippen LogP contribution < -0.4 is 5.73 Å². The summed E-state index contributed by atoms with van der Waals surface area (Å²) in [5.74, 6) is 0. The molecule has 11 heavy (non-hydrogen) atoms. The van der Waals surface area contributed by atoms with Crippen molar-refractivity contribution in [3.05, 3.63) is 20.3 Å². The maximum absolute atomic E-state index is 5.95. The number of thiophene rings is 1. The fourth-order valence-corrected chi connectivity index (χ4v) is 3.38. The van der Waals surface area contributed by atoms with Crippen molar-refractivity contribution in [1.29, 1.82) is 0 Å². The Morgan fingerprint density at radius 1 is 1.64 bits per heavy atom. The Morgan fingerprint density at radius 3 is 3.18 bits per heavy atom. The Morgan fingerprint density at radius 2 is 2.45 bits per heavy atom. The molecule has 0 saturated carbocycles. The highest BCUT2D eigenvalue weighted by molar-refractivity contribution is 9.11. The van der Waals surface area contributed by atoms with Crippen molar-refractivity contribution in [2.24, 2.45) is 5.73 Å². The van der Waals surface area contributed by atoms with Crippen LogP contribution in [0.5, 0.6) is 0 Å². The molecule has 60 valence electrons. The van der Waals surface area contributed by atoms with Crippen LogP contribution in [0.3, 0.4) is 0 Å². The number of hydrogen-bond acceptors (Lipinski definition) is 2. The second-order valence-corrected chi connectivity index (χ2v) is 5.44. The van der Waals surface area contributed by atoms with Gasteiger partial charge >= 0.3 is 0 Å². The van der Waals surface area contributed by atoms with Gasteiger partial charge in [0.05, 0.1) is 3.79 Å². The molecule has 2 rings (SSSR count). The first-order chi connectivity index (χ1) is 5.27. The summed E-state index contributed by atoms with van der Waals surface area (Å²) in [4.78, 5) is 1.48. The molecule has 1 aromatic heterocycles. The number of halogens is 1. The lowest BCUT2D eigenvalue weighted by molar-refractivity contribution is 0.578. The third kappa shape index (κ3) is 1.37. The lowest BCUT2D eigenvalue weighted by Crippen LogP contribution is -2.14. The van der Waals surface area contributed by atoms with E-state index >= 15 is 0 Å². The average Bonchev–Trinajstić information content (AvgIpc) is 2.31. The molecule has 1 heterocycles. The van der Waals surface area contributed by atoms with Crippen LogP contribution in [0.2, 0.25) is 0 Å². The molecule has 0 fully saturated rings. The van der Waals surface area contributed by atoms with Crippen molar-refractivity contribution in [2.75, 3.05) is 0 Å². The monoisotopic (exact) mass is 231 g/mol. The van der Waals surface area contributed by atoms with Gasteiger partial charge in [0.25, 0.3) is 0 Å². The Balaban J connectivity index is 2.43. The van der Waals surface area contributed by atoms with E-state index in [1.165, 1.54) is 27.1 Å². The summed E-state index contributed by atoms with van der Waals surface area (Å²) in [6.07, 6.45) is 3.62. The van der Waals surface area contributed by atoms with Gasteiger partial charge in [0, 0.05) is 10.9 Å². The molecule has 0 saturated heterocycles. The van der Waals surface area contributed by atoms with Crippen molar-refractivity contribution >= 4 is 27.3 Å². The number of fused-ring (bicyclic) bond motifs is 1. The molecule has 1 aliphatic rings. The summed E-state index contributed by atoms with van der Waals surface area (Å²) >= 11 is 5.31. The minimum Gasteiger partial charge on any atom is -0.324 e. The van der Waals surface area contributed by atoms with E-state index < -0.39 is 0 Å². The Kier molecular flexibility index (Phi) is 2.04. The molecule has 1 unspecified atom stereocenters. The summed E-state index contributed by atoms with van der Waals surface area (Å²) in [5, 5.41) is 0. The highest BCUT2D eigenvalue weighted by Gasteiger charge is 2.18. The van der Waals surface area contributed by atoms with Crippen LogP contribution in [0.1, 0.15) is 29.3 Å². The molecule has 0 amide bonds. The number of rotatable bonds is 0. The summed E-state index contributed by atoms with van der Waals surface area (Å²) < 4.78 is 1.22. The molecular formula is C8H10BrNS. The Hall–Kier alpha value is 0.140. The number of aryl methyl sites for hydroxylation is 1. The number of hydrogen-bond donors (Lipinski definition) is 1. The first-order valence-corrected chi connectivity index (χ1v) is 5.42. The fourth-order valence-electron chi connectivity index (χ4n) is 1.56. The maximum Gasteiger partial charge on any atom is 0.0704 e. The van der Waals surface area contributed by atoms with E-state index in [1.54, 1.807) is 0 Å². The third-order valence-electron chi connectivity index (χ3n) is 2.13. The summed E-state index contributed by atoms with van der Waals surface area (Å²) in [5.41, 5.74) is 7.31. The van der Waals surface area contributed by atoms with Crippen molar-refractivity contribution < 1.29 is 0 Å². The molecular weight excluding hydrogens is 222 g/mol. The van der Waals surface area contributed by atoms with Crippen molar-refractivity contribution in [3.63, 3.8) is 0 Å². The van der Waals surface area contributed by atoms with Gasteiger partial charge in [-0.05, 0) is 46.8 Å². The third-order valence-corrected chi connectivity index (χ3v) is 3.84. The van der Waals surface area contributed by atoms with E-state index in [4.69, 9.17) is 5.73 Å². The summed E-state index contributed by atoms with van der Waals surface area (Å²) in [6.45, 7) is 0. The van der Waals surface area contributed by atoms with Gasteiger partial charge in [-0.3, -0.25) is 0 Å². The van der Waals surface area contributed by atoms with Crippen LogP contribution in [0.25, 0.3) is 0 Å². The van der Waals surface area contributed by atoms with Crippen LogP contribution in [0, 0.1) is 0 Å². The van der Waals surface area contributed by atoms with E-state index in [2.05, 4.69) is 22.0 Å². The molecule has 0 spiro atoms. The highest BCUT2D eigenvalue weighted by atomic mass is 79.9. The Bertz CT molecular complexity index is 269. The second kappa shape index (κ2) is 2.88. The molecule has 0 aromatic carbocycles. The lowest BCUT2D eigenvalue weighted by Gasteiger charge is -2.17. The SMILES string of the molecule is NC1CCCc2sc(Br)cc21. The maximum atomic E-state index is 5.95. The van der Waals surface area contributed by atoms with E-state index in [9.17, 15) is 0 Å². The number of nitrogens with two attached hydrogens (primary N) is 1. The van der Waals surface area contributed by atoms with Gasteiger partial charge in [-0.1, -0.05) is 0 Å². The summed E-state index contributed by atoms with van der Waals surface area (Å²) in [7, 11) is 0. The minimum atomic E-state index is 0.293. The van der Waals surface area contributed by atoms with Gasteiger partial charge < -0.3 is 5.73 Å². The molecule has 1 atom stereocenters. The van der Waals surface area contributed by atoms with Gasteiger partial charge in [-0.15, -0.1) is 11.3 Å². The quantitative estimate of drug-likeness (QED) is 0.731.